The van der Waals surface area contributed by atoms with Gasteiger partial charge in [0.1, 0.15) is 23.7 Å². The molecule has 1 aromatic heterocycles. The number of nitrogens with zero attached hydrogens (tertiary/aromatic N) is 3. The minimum atomic E-state index is -1.25. The lowest BCUT2D eigenvalue weighted by atomic mass is 10.1. The largest absolute Gasteiger partial charge is 0.487 e. The maximum Gasteiger partial charge on any atom is 0.272 e. The van der Waals surface area contributed by atoms with E-state index >= 15 is 0 Å². The SMILES string of the molecule is O=C1c2cc(COc3ccccc3)nn2CCN1C[C@H]1COC1F. The molecular formula is C17H18FN3O3. The van der Waals surface area contributed by atoms with Crippen LogP contribution in [0.4, 0.5) is 4.39 Å². The Morgan fingerprint density at radius 1 is 1.29 bits per heavy atom. The van der Waals surface area contributed by atoms with E-state index in [2.05, 4.69) is 5.10 Å². The Morgan fingerprint density at radius 3 is 2.83 bits per heavy atom. The van der Waals surface area contributed by atoms with Gasteiger partial charge in [0.25, 0.3) is 5.91 Å². The number of halogens is 1. The van der Waals surface area contributed by atoms with Crippen molar-refractivity contribution in [2.45, 2.75) is 19.5 Å². The highest BCUT2D eigenvalue weighted by atomic mass is 19.1. The molecule has 2 aromatic rings. The molecule has 2 aliphatic rings. The molecule has 0 saturated carbocycles. The first kappa shape index (κ1) is 15.1. The zero-order valence-electron chi connectivity index (χ0n) is 13.1. The highest BCUT2D eigenvalue weighted by Gasteiger charge is 2.36. The van der Waals surface area contributed by atoms with Crippen molar-refractivity contribution < 1.29 is 18.7 Å². The molecule has 3 heterocycles. The van der Waals surface area contributed by atoms with Crippen LogP contribution in [0.1, 0.15) is 16.2 Å². The Bertz CT molecular complexity index is 734. The number of aromatic nitrogens is 2. The lowest BCUT2D eigenvalue weighted by Crippen LogP contribution is -2.49. The zero-order valence-corrected chi connectivity index (χ0v) is 13.1. The molecule has 126 valence electrons. The monoisotopic (exact) mass is 331 g/mol. The van der Waals surface area contributed by atoms with E-state index in [9.17, 15) is 9.18 Å². The molecule has 1 amide bonds. The number of carbonyl (C=O) groups excluding carboxylic acids is 1. The van der Waals surface area contributed by atoms with Gasteiger partial charge >= 0.3 is 0 Å². The van der Waals surface area contributed by atoms with Gasteiger partial charge in [-0.25, -0.2) is 4.39 Å². The number of rotatable bonds is 5. The molecule has 0 aliphatic carbocycles. The number of hydrogen-bond acceptors (Lipinski definition) is 4. The summed E-state index contributed by atoms with van der Waals surface area (Å²) in [6.45, 7) is 2.22. The van der Waals surface area contributed by atoms with Crippen LogP contribution < -0.4 is 4.74 Å². The average Bonchev–Trinajstić information content (AvgIpc) is 3.03. The fraction of sp³-hybridized carbons (Fsp3) is 0.412. The number of ether oxygens (including phenoxy) is 2. The third-order valence-corrected chi connectivity index (χ3v) is 4.34. The second-order valence-corrected chi connectivity index (χ2v) is 6.04. The van der Waals surface area contributed by atoms with Gasteiger partial charge in [-0.3, -0.25) is 9.48 Å². The Labute approximate surface area is 138 Å². The lowest BCUT2D eigenvalue weighted by molar-refractivity contribution is -0.191. The Balaban J connectivity index is 1.42. The van der Waals surface area contributed by atoms with Gasteiger partial charge in [0.2, 0.25) is 6.36 Å². The first-order chi connectivity index (χ1) is 11.7. The van der Waals surface area contributed by atoms with Crippen molar-refractivity contribution >= 4 is 5.91 Å². The molecule has 24 heavy (non-hydrogen) atoms. The van der Waals surface area contributed by atoms with Gasteiger partial charge in [-0.1, -0.05) is 18.2 Å². The van der Waals surface area contributed by atoms with Crippen molar-refractivity contribution in [3.8, 4) is 5.75 Å². The summed E-state index contributed by atoms with van der Waals surface area (Å²) in [5.41, 5.74) is 1.24. The number of para-hydroxylation sites is 1. The third-order valence-electron chi connectivity index (χ3n) is 4.34. The molecule has 0 radical (unpaired) electrons. The van der Waals surface area contributed by atoms with E-state index in [1.54, 1.807) is 15.6 Å². The van der Waals surface area contributed by atoms with Crippen molar-refractivity contribution in [1.82, 2.24) is 14.7 Å². The quantitative estimate of drug-likeness (QED) is 0.839. The summed E-state index contributed by atoms with van der Waals surface area (Å²) in [5.74, 6) is 0.429. The minimum absolute atomic E-state index is 0.112. The maximum absolute atomic E-state index is 13.2. The molecular weight excluding hydrogens is 313 g/mol. The second kappa shape index (κ2) is 6.24. The minimum Gasteiger partial charge on any atom is -0.487 e. The summed E-state index contributed by atoms with van der Waals surface area (Å²) in [6, 6.07) is 11.2. The van der Waals surface area contributed by atoms with E-state index in [1.165, 1.54) is 0 Å². The third kappa shape index (κ3) is 2.87. The summed E-state index contributed by atoms with van der Waals surface area (Å²) in [7, 11) is 0. The standard InChI is InChI=1S/C17H18FN3O3/c18-16-12(10-24-16)9-20-6-7-21-15(17(20)22)8-13(19-21)11-23-14-4-2-1-3-5-14/h1-5,8,12,16H,6-7,9-11H2/t12-,16?/m0/s1. The first-order valence-electron chi connectivity index (χ1n) is 8.00. The topological polar surface area (TPSA) is 56.6 Å². The highest BCUT2D eigenvalue weighted by Crippen LogP contribution is 2.24. The van der Waals surface area contributed by atoms with Crippen LogP contribution in [0.15, 0.2) is 36.4 Å². The molecule has 0 spiro atoms. The molecule has 6 nitrogen and oxygen atoms in total. The molecule has 1 unspecified atom stereocenters. The second-order valence-electron chi connectivity index (χ2n) is 6.04. The number of hydrogen-bond donors (Lipinski definition) is 0. The fourth-order valence-corrected chi connectivity index (χ4v) is 2.93. The van der Waals surface area contributed by atoms with Gasteiger partial charge < -0.3 is 14.4 Å². The molecule has 4 rings (SSSR count). The molecule has 1 aromatic carbocycles. The summed E-state index contributed by atoms with van der Waals surface area (Å²) < 4.78 is 25.3. The summed E-state index contributed by atoms with van der Waals surface area (Å²) >= 11 is 0. The smallest absolute Gasteiger partial charge is 0.272 e. The Hall–Kier alpha value is -2.41. The van der Waals surface area contributed by atoms with E-state index in [1.807, 2.05) is 30.3 Å². The fourth-order valence-electron chi connectivity index (χ4n) is 2.93. The van der Waals surface area contributed by atoms with Crippen LogP contribution in [-0.2, 0) is 17.9 Å². The summed E-state index contributed by atoms with van der Waals surface area (Å²) in [5, 5.41) is 4.42. The predicted octanol–water partition coefficient (Wildman–Crippen LogP) is 1.86. The van der Waals surface area contributed by atoms with Gasteiger partial charge in [-0.15, -0.1) is 0 Å². The number of carbonyl (C=O) groups is 1. The lowest BCUT2D eigenvalue weighted by Gasteiger charge is -2.36. The van der Waals surface area contributed by atoms with Gasteiger partial charge in [0, 0.05) is 13.1 Å². The van der Waals surface area contributed by atoms with Crippen LogP contribution in [0.25, 0.3) is 0 Å². The van der Waals surface area contributed by atoms with E-state index in [4.69, 9.17) is 9.47 Å². The molecule has 7 heteroatoms. The molecule has 2 atom stereocenters. The van der Waals surface area contributed by atoms with Crippen molar-refractivity contribution in [3.05, 3.63) is 47.8 Å². The number of alkyl halides is 1. The molecule has 1 saturated heterocycles. The Kier molecular flexibility index (Phi) is 3.93. The predicted molar refractivity (Wildman–Crippen MR) is 83.2 cm³/mol. The van der Waals surface area contributed by atoms with Crippen LogP contribution in [0.2, 0.25) is 0 Å². The number of fused-ring (bicyclic) bond motifs is 1. The van der Waals surface area contributed by atoms with Crippen LogP contribution in [0.3, 0.4) is 0 Å². The number of amides is 1. The normalized spacial score (nSPS) is 22.9. The van der Waals surface area contributed by atoms with Gasteiger partial charge in [-0.2, -0.15) is 5.10 Å². The first-order valence-corrected chi connectivity index (χ1v) is 8.00. The summed E-state index contributed by atoms with van der Waals surface area (Å²) in [6.07, 6.45) is -1.25. The molecule has 2 aliphatic heterocycles. The van der Waals surface area contributed by atoms with Crippen LogP contribution >= 0.6 is 0 Å². The molecule has 1 fully saturated rings. The average molecular weight is 331 g/mol. The van der Waals surface area contributed by atoms with Crippen molar-refractivity contribution in [2.75, 3.05) is 19.7 Å². The van der Waals surface area contributed by atoms with E-state index in [0.717, 1.165) is 5.75 Å². The molecule has 0 N–H and O–H groups in total. The van der Waals surface area contributed by atoms with Crippen molar-refractivity contribution in [1.29, 1.82) is 0 Å². The van der Waals surface area contributed by atoms with Crippen LogP contribution in [0, 0.1) is 5.92 Å². The van der Waals surface area contributed by atoms with Crippen LogP contribution in [0.5, 0.6) is 5.75 Å². The van der Waals surface area contributed by atoms with Crippen molar-refractivity contribution in [2.24, 2.45) is 5.92 Å². The summed E-state index contributed by atoms with van der Waals surface area (Å²) in [4.78, 5) is 14.2. The molecule has 0 bridgehead atoms. The van der Waals surface area contributed by atoms with Gasteiger partial charge in [-0.05, 0) is 18.2 Å². The van der Waals surface area contributed by atoms with Gasteiger partial charge in [0.15, 0.2) is 0 Å². The van der Waals surface area contributed by atoms with E-state index in [-0.39, 0.29) is 11.8 Å². The Morgan fingerprint density at radius 2 is 2.12 bits per heavy atom. The van der Waals surface area contributed by atoms with E-state index < -0.39 is 6.36 Å². The van der Waals surface area contributed by atoms with Gasteiger partial charge in [0.05, 0.1) is 19.1 Å². The number of benzene rings is 1. The van der Waals surface area contributed by atoms with Crippen LogP contribution in [-0.4, -0.2) is 46.6 Å². The van der Waals surface area contributed by atoms with E-state index in [0.29, 0.717) is 44.2 Å². The maximum atomic E-state index is 13.2. The zero-order chi connectivity index (χ0) is 16.5. The highest BCUT2D eigenvalue weighted by molar-refractivity contribution is 5.93. The van der Waals surface area contributed by atoms with Crippen molar-refractivity contribution in [3.63, 3.8) is 0 Å².